The molecule has 0 bridgehead atoms. The van der Waals surface area contributed by atoms with Gasteiger partial charge in [0.15, 0.2) is 0 Å². The molecule has 0 spiro atoms. The fraction of sp³-hybridized carbons (Fsp3) is 0.583. The van der Waals surface area contributed by atoms with Gasteiger partial charge >= 0.3 is 5.97 Å². The van der Waals surface area contributed by atoms with Crippen molar-refractivity contribution in [3.05, 3.63) is 17.4 Å². The first-order valence-corrected chi connectivity index (χ1v) is 7.84. The number of sulfonamides is 1. The van der Waals surface area contributed by atoms with Gasteiger partial charge in [-0.25, -0.2) is 17.9 Å². The van der Waals surface area contributed by atoms with E-state index in [-0.39, 0.29) is 22.5 Å². The first kappa shape index (κ1) is 15.0. The van der Waals surface area contributed by atoms with Crippen molar-refractivity contribution in [3.63, 3.8) is 0 Å². The second kappa shape index (κ2) is 5.94. The van der Waals surface area contributed by atoms with E-state index in [4.69, 9.17) is 4.42 Å². The topological polar surface area (TPSA) is 97.6 Å². The monoisotopic (exact) mass is 302 g/mol. The molecule has 0 radical (unpaired) electrons. The molecule has 1 atom stereocenters. The maximum absolute atomic E-state index is 12.1. The Kier molecular flexibility index (Phi) is 4.46. The summed E-state index contributed by atoms with van der Waals surface area (Å²) in [6.45, 7) is 2.72. The summed E-state index contributed by atoms with van der Waals surface area (Å²) in [5.41, 5.74) is 0.117. The molecule has 0 amide bonds. The number of carbonyl (C=O) groups is 1. The summed E-state index contributed by atoms with van der Waals surface area (Å²) in [6.07, 6.45) is 1.98. The molecule has 2 N–H and O–H groups in total. The molecule has 2 heterocycles. The Bertz CT molecular complexity index is 587. The van der Waals surface area contributed by atoms with Crippen LogP contribution in [0.15, 0.2) is 15.6 Å². The Balaban J connectivity index is 2.10. The van der Waals surface area contributed by atoms with E-state index in [2.05, 4.69) is 14.8 Å². The maximum Gasteiger partial charge on any atom is 0.341 e. The Morgan fingerprint density at radius 3 is 2.95 bits per heavy atom. The number of furan rings is 1. The van der Waals surface area contributed by atoms with Crippen LogP contribution in [0.25, 0.3) is 0 Å². The van der Waals surface area contributed by atoms with Gasteiger partial charge in [0.05, 0.1) is 7.11 Å². The van der Waals surface area contributed by atoms with Crippen LogP contribution in [0, 0.1) is 6.92 Å². The minimum atomic E-state index is -3.76. The Morgan fingerprint density at radius 1 is 1.60 bits per heavy atom. The zero-order valence-corrected chi connectivity index (χ0v) is 12.2. The van der Waals surface area contributed by atoms with Gasteiger partial charge < -0.3 is 14.5 Å². The molecule has 7 nitrogen and oxygen atoms in total. The summed E-state index contributed by atoms with van der Waals surface area (Å²) in [5, 5.41) is 2.92. The van der Waals surface area contributed by atoms with Gasteiger partial charge in [0.25, 0.3) is 10.0 Å². The van der Waals surface area contributed by atoms with Crippen LogP contribution in [0.5, 0.6) is 0 Å². The van der Waals surface area contributed by atoms with E-state index in [0.717, 1.165) is 19.4 Å². The molecule has 0 saturated carbocycles. The van der Waals surface area contributed by atoms with Crippen LogP contribution in [0.1, 0.15) is 29.0 Å². The van der Waals surface area contributed by atoms with Crippen molar-refractivity contribution in [1.82, 2.24) is 10.0 Å². The summed E-state index contributed by atoms with van der Waals surface area (Å²) >= 11 is 0. The number of methoxy groups -OCH3 is 1. The zero-order valence-electron chi connectivity index (χ0n) is 11.4. The van der Waals surface area contributed by atoms with Gasteiger partial charge in [-0.2, -0.15) is 0 Å². The minimum Gasteiger partial charge on any atom is -0.465 e. The van der Waals surface area contributed by atoms with Gasteiger partial charge in [-0.05, 0) is 26.3 Å². The van der Waals surface area contributed by atoms with E-state index < -0.39 is 16.0 Å². The lowest BCUT2D eigenvalue weighted by atomic mass is 10.2. The quantitative estimate of drug-likeness (QED) is 0.764. The second-order valence-corrected chi connectivity index (χ2v) is 6.37. The number of aryl methyl sites for hydroxylation is 1. The number of esters is 1. The van der Waals surface area contributed by atoms with Crippen molar-refractivity contribution in [3.8, 4) is 0 Å². The van der Waals surface area contributed by atoms with Crippen molar-refractivity contribution in [2.75, 3.05) is 20.2 Å². The highest BCUT2D eigenvalue weighted by Gasteiger charge is 2.25. The van der Waals surface area contributed by atoms with Crippen LogP contribution in [-0.2, 0) is 14.8 Å². The van der Waals surface area contributed by atoms with E-state index in [1.54, 1.807) is 0 Å². The molecule has 0 aromatic carbocycles. The number of ether oxygens (including phenoxy) is 1. The smallest absolute Gasteiger partial charge is 0.341 e. The SMILES string of the molecule is COC(=O)c1cc(S(=O)(=O)NCC2CCCN2)oc1C. The van der Waals surface area contributed by atoms with Gasteiger partial charge in [-0.1, -0.05) is 0 Å². The van der Waals surface area contributed by atoms with E-state index in [9.17, 15) is 13.2 Å². The van der Waals surface area contributed by atoms with E-state index >= 15 is 0 Å². The van der Waals surface area contributed by atoms with Crippen molar-refractivity contribution in [2.45, 2.75) is 30.9 Å². The average molecular weight is 302 g/mol. The summed E-state index contributed by atoms with van der Waals surface area (Å²) in [4.78, 5) is 11.4. The van der Waals surface area contributed by atoms with Gasteiger partial charge in [0.2, 0.25) is 5.09 Å². The molecule has 112 valence electrons. The molecule has 1 fully saturated rings. The molecule has 1 aliphatic rings. The number of carbonyl (C=O) groups excluding carboxylic acids is 1. The molecule has 20 heavy (non-hydrogen) atoms. The predicted octanol–water partition coefficient (Wildman–Crippen LogP) is 0.405. The van der Waals surface area contributed by atoms with Gasteiger partial charge in [0.1, 0.15) is 11.3 Å². The fourth-order valence-electron chi connectivity index (χ4n) is 2.11. The summed E-state index contributed by atoms with van der Waals surface area (Å²) in [6, 6.07) is 1.33. The second-order valence-electron chi connectivity index (χ2n) is 4.67. The normalized spacial score (nSPS) is 19.2. The van der Waals surface area contributed by atoms with Crippen LogP contribution in [-0.4, -0.2) is 40.6 Å². The highest BCUT2D eigenvalue weighted by molar-refractivity contribution is 7.89. The molecule has 2 rings (SSSR count). The Morgan fingerprint density at radius 2 is 2.35 bits per heavy atom. The summed E-state index contributed by atoms with van der Waals surface area (Å²) in [7, 11) is -2.53. The molecule has 1 aromatic rings. The lowest BCUT2D eigenvalue weighted by Gasteiger charge is -2.10. The lowest BCUT2D eigenvalue weighted by molar-refractivity contribution is 0.0599. The Labute approximate surface area is 117 Å². The van der Waals surface area contributed by atoms with Gasteiger partial charge in [-0.3, -0.25) is 0 Å². The van der Waals surface area contributed by atoms with E-state index in [1.807, 2.05) is 0 Å². The standard InChI is InChI=1S/C12H18N2O5S/c1-8-10(12(15)18-2)6-11(19-8)20(16,17)14-7-9-4-3-5-13-9/h6,9,13-14H,3-5,7H2,1-2H3. The third-order valence-corrected chi connectivity index (χ3v) is 4.53. The number of rotatable bonds is 5. The lowest BCUT2D eigenvalue weighted by Crippen LogP contribution is -2.37. The zero-order chi connectivity index (χ0) is 14.8. The number of hydrogen-bond acceptors (Lipinski definition) is 6. The fourth-order valence-corrected chi connectivity index (χ4v) is 3.18. The van der Waals surface area contributed by atoms with Crippen LogP contribution >= 0.6 is 0 Å². The maximum atomic E-state index is 12.1. The van der Waals surface area contributed by atoms with E-state index in [1.165, 1.54) is 20.1 Å². The van der Waals surface area contributed by atoms with Crippen molar-refractivity contribution in [1.29, 1.82) is 0 Å². The molecule has 1 aromatic heterocycles. The van der Waals surface area contributed by atoms with Crippen LogP contribution in [0.2, 0.25) is 0 Å². The van der Waals surface area contributed by atoms with Crippen LogP contribution in [0.4, 0.5) is 0 Å². The van der Waals surface area contributed by atoms with Gasteiger partial charge in [0, 0.05) is 18.7 Å². The van der Waals surface area contributed by atoms with Crippen LogP contribution in [0.3, 0.4) is 0 Å². The van der Waals surface area contributed by atoms with Crippen molar-refractivity contribution < 1.29 is 22.4 Å². The number of hydrogen-bond donors (Lipinski definition) is 2. The van der Waals surface area contributed by atoms with Crippen molar-refractivity contribution >= 4 is 16.0 Å². The first-order chi connectivity index (χ1) is 9.44. The largest absolute Gasteiger partial charge is 0.465 e. The van der Waals surface area contributed by atoms with Crippen LogP contribution < -0.4 is 10.0 Å². The molecular formula is C12H18N2O5S. The summed E-state index contributed by atoms with van der Waals surface area (Å²) in [5.74, 6) is -0.402. The third-order valence-electron chi connectivity index (χ3n) is 3.25. The molecular weight excluding hydrogens is 284 g/mol. The third kappa shape index (κ3) is 3.20. The summed E-state index contributed by atoms with van der Waals surface area (Å²) < 4.78 is 36.3. The molecule has 1 saturated heterocycles. The van der Waals surface area contributed by atoms with E-state index in [0.29, 0.717) is 6.54 Å². The molecule has 1 unspecified atom stereocenters. The predicted molar refractivity (Wildman–Crippen MR) is 71.0 cm³/mol. The minimum absolute atomic E-state index is 0.117. The highest BCUT2D eigenvalue weighted by atomic mass is 32.2. The Hall–Kier alpha value is -1.38. The molecule has 0 aliphatic carbocycles. The van der Waals surface area contributed by atoms with Crippen molar-refractivity contribution in [2.24, 2.45) is 0 Å². The first-order valence-electron chi connectivity index (χ1n) is 6.36. The van der Waals surface area contributed by atoms with Gasteiger partial charge in [-0.15, -0.1) is 0 Å². The highest BCUT2D eigenvalue weighted by Crippen LogP contribution is 2.19. The molecule has 1 aliphatic heterocycles. The number of nitrogens with one attached hydrogen (secondary N) is 2. The average Bonchev–Trinajstić information content (AvgIpc) is 3.05. The molecule has 8 heteroatoms.